The Morgan fingerprint density at radius 3 is 2.64 bits per heavy atom. The SMILES string of the molecule is CCc1c(C)sc2ncn3nc(CC45C[C@H]6C[C@@H](C4)CC(c4c(C)noc4C)(C6)C5)nc3c12. The Kier molecular flexibility index (Phi) is 4.05. The van der Waals surface area contributed by atoms with Crippen LogP contribution in [0.4, 0.5) is 0 Å². The third-order valence-electron chi connectivity index (χ3n) is 9.01. The maximum atomic E-state index is 5.66. The van der Waals surface area contributed by atoms with Gasteiger partial charge in [-0.05, 0) is 88.5 Å². The number of hydrogen-bond donors (Lipinski definition) is 0. The first-order valence-electron chi connectivity index (χ1n) is 12.4. The fourth-order valence-corrected chi connectivity index (χ4v) is 9.71. The molecule has 4 saturated carbocycles. The molecule has 4 fully saturated rings. The quantitative estimate of drug-likeness (QED) is 0.379. The van der Waals surface area contributed by atoms with E-state index < -0.39 is 0 Å². The highest BCUT2D eigenvalue weighted by Gasteiger charge is 2.59. The lowest BCUT2D eigenvalue weighted by molar-refractivity contribution is -0.0731. The summed E-state index contributed by atoms with van der Waals surface area (Å²) in [5.74, 6) is 3.63. The number of thiophene rings is 1. The summed E-state index contributed by atoms with van der Waals surface area (Å²) < 4.78 is 7.58. The first-order valence-corrected chi connectivity index (χ1v) is 13.3. The van der Waals surface area contributed by atoms with E-state index in [4.69, 9.17) is 19.6 Å². The molecule has 4 bridgehead atoms. The number of rotatable bonds is 4. The molecule has 0 spiro atoms. The molecule has 0 aromatic carbocycles. The molecule has 33 heavy (non-hydrogen) atoms. The van der Waals surface area contributed by atoms with Gasteiger partial charge in [0.05, 0.1) is 11.1 Å². The van der Waals surface area contributed by atoms with Gasteiger partial charge in [-0.25, -0.2) is 14.5 Å². The van der Waals surface area contributed by atoms with Crippen LogP contribution in [0, 0.1) is 38.0 Å². The Hall–Kier alpha value is -2.28. The minimum atomic E-state index is 0.228. The molecule has 0 amide bonds. The minimum Gasteiger partial charge on any atom is -0.361 e. The Morgan fingerprint density at radius 2 is 1.94 bits per heavy atom. The molecular formula is C26H31N5OS. The zero-order valence-corrected chi connectivity index (χ0v) is 20.8. The highest BCUT2D eigenvalue weighted by atomic mass is 32.1. The summed E-state index contributed by atoms with van der Waals surface area (Å²) in [6, 6.07) is 0. The molecule has 0 radical (unpaired) electrons. The van der Waals surface area contributed by atoms with Crippen LogP contribution >= 0.6 is 11.3 Å². The van der Waals surface area contributed by atoms with Crippen LogP contribution in [0.15, 0.2) is 10.9 Å². The summed E-state index contributed by atoms with van der Waals surface area (Å²) in [4.78, 5) is 12.3. The summed E-state index contributed by atoms with van der Waals surface area (Å²) in [6.45, 7) is 8.66. The summed E-state index contributed by atoms with van der Waals surface area (Å²) in [7, 11) is 0. The van der Waals surface area contributed by atoms with E-state index in [0.717, 1.165) is 52.4 Å². The van der Waals surface area contributed by atoms with Crippen molar-refractivity contribution in [1.29, 1.82) is 0 Å². The second-order valence-electron chi connectivity index (χ2n) is 11.3. The van der Waals surface area contributed by atoms with Gasteiger partial charge in [-0.3, -0.25) is 0 Å². The average Bonchev–Trinajstić information content (AvgIpc) is 3.40. The zero-order valence-electron chi connectivity index (χ0n) is 19.9. The molecule has 4 aliphatic rings. The van der Waals surface area contributed by atoms with E-state index >= 15 is 0 Å². The third-order valence-corrected chi connectivity index (χ3v) is 10.1. The lowest BCUT2D eigenvalue weighted by Gasteiger charge is -2.62. The van der Waals surface area contributed by atoms with Gasteiger partial charge in [-0.2, -0.15) is 0 Å². The van der Waals surface area contributed by atoms with Crippen molar-refractivity contribution in [3.05, 3.63) is 39.6 Å². The average molecular weight is 462 g/mol. The smallest absolute Gasteiger partial charge is 0.167 e. The first kappa shape index (κ1) is 20.1. The predicted molar refractivity (Wildman–Crippen MR) is 129 cm³/mol. The highest BCUT2D eigenvalue weighted by molar-refractivity contribution is 7.18. The van der Waals surface area contributed by atoms with Crippen LogP contribution in [0.3, 0.4) is 0 Å². The highest BCUT2D eigenvalue weighted by Crippen LogP contribution is 2.67. The summed E-state index contributed by atoms with van der Waals surface area (Å²) in [6.07, 6.45) is 11.7. The molecule has 4 aromatic rings. The Bertz CT molecular complexity index is 1380. The summed E-state index contributed by atoms with van der Waals surface area (Å²) in [5, 5.41) is 10.5. The standard InChI is InChI=1S/C26H31N5OS/c1-5-19-16(4)33-24-21(19)23-28-20(29-31(23)13-27-24)11-25-7-17-6-18(8-25)10-26(9-17,12-25)22-14(2)30-32-15(22)3/h13,17-18H,5-12H2,1-4H3/t17-,18+,25?,26?. The van der Waals surface area contributed by atoms with E-state index in [1.807, 2.05) is 10.8 Å². The summed E-state index contributed by atoms with van der Waals surface area (Å²) in [5.41, 5.74) is 5.39. The fourth-order valence-electron chi connectivity index (χ4n) is 8.64. The number of aryl methyl sites for hydroxylation is 4. The molecule has 8 rings (SSSR count). The molecule has 6 nitrogen and oxygen atoms in total. The van der Waals surface area contributed by atoms with E-state index in [2.05, 4.69) is 32.9 Å². The van der Waals surface area contributed by atoms with E-state index in [1.54, 1.807) is 11.3 Å². The lowest BCUT2D eigenvalue weighted by atomic mass is 9.42. The van der Waals surface area contributed by atoms with Crippen LogP contribution in [0.2, 0.25) is 0 Å². The van der Waals surface area contributed by atoms with Crippen molar-refractivity contribution in [2.24, 2.45) is 17.3 Å². The number of nitrogens with zero attached hydrogens (tertiary/aromatic N) is 5. The van der Waals surface area contributed by atoms with Crippen molar-refractivity contribution in [2.75, 3.05) is 0 Å². The van der Waals surface area contributed by atoms with Crippen LogP contribution in [-0.2, 0) is 18.3 Å². The molecular weight excluding hydrogens is 430 g/mol. The zero-order chi connectivity index (χ0) is 22.5. The molecule has 2 unspecified atom stereocenters. The summed E-state index contributed by atoms with van der Waals surface area (Å²) >= 11 is 1.78. The number of aromatic nitrogens is 5. The largest absolute Gasteiger partial charge is 0.361 e. The van der Waals surface area contributed by atoms with Crippen molar-refractivity contribution in [1.82, 2.24) is 24.7 Å². The van der Waals surface area contributed by atoms with Crippen molar-refractivity contribution in [2.45, 2.75) is 84.5 Å². The lowest BCUT2D eigenvalue weighted by Crippen LogP contribution is -2.55. The molecule has 7 heteroatoms. The van der Waals surface area contributed by atoms with E-state index in [1.165, 1.54) is 59.9 Å². The van der Waals surface area contributed by atoms with Crippen LogP contribution < -0.4 is 0 Å². The van der Waals surface area contributed by atoms with Gasteiger partial charge >= 0.3 is 0 Å². The topological polar surface area (TPSA) is 69.1 Å². The molecule has 0 aliphatic heterocycles. The predicted octanol–water partition coefficient (Wildman–Crippen LogP) is 5.90. The normalized spacial score (nSPS) is 30.8. The molecule has 4 aromatic heterocycles. The third kappa shape index (κ3) is 2.77. The maximum absolute atomic E-state index is 5.66. The Labute approximate surface area is 197 Å². The second-order valence-corrected chi connectivity index (χ2v) is 12.5. The molecule has 4 heterocycles. The van der Waals surface area contributed by atoms with Gasteiger partial charge < -0.3 is 4.52 Å². The van der Waals surface area contributed by atoms with E-state index in [-0.39, 0.29) is 10.8 Å². The van der Waals surface area contributed by atoms with Crippen LogP contribution in [0.25, 0.3) is 15.9 Å². The Morgan fingerprint density at radius 1 is 1.15 bits per heavy atom. The van der Waals surface area contributed by atoms with Gasteiger partial charge in [-0.15, -0.1) is 16.4 Å². The van der Waals surface area contributed by atoms with Gasteiger partial charge in [0, 0.05) is 22.3 Å². The minimum absolute atomic E-state index is 0.228. The molecule has 4 aliphatic carbocycles. The maximum Gasteiger partial charge on any atom is 0.167 e. The first-order chi connectivity index (χ1) is 15.9. The van der Waals surface area contributed by atoms with Gasteiger partial charge in [-0.1, -0.05) is 12.1 Å². The Balaban J connectivity index is 1.30. The van der Waals surface area contributed by atoms with Gasteiger partial charge in [0.1, 0.15) is 16.9 Å². The fraction of sp³-hybridized carbons (Fsp3) is 0.615. The molecule has 0 saturated heterocycles. The van der Waals surface area contributed by atoms with Gasteiger partial charge in [0.2, 0.25) is 0 Å². The van der Waals surface area contributed by atoms with Crippen molar-refractivity contribution in [3.8, 4) is 0 Å². The van der Waals surface area contributed by atoms with E-state index in [0.29, 0.717) is 0 Å². The van der Waals surface area contributed by atoms with Crippen LogP contribution in [0.1, 0.15) is 78.7 Å². The molecule has 4 atom stereocenters. The van der Waals surface area contributed by atoms with Crippen molar-refractivity contribution < 1.29 is 4.52 Å². The van der Waals surface area contributed by atoms with Crippen LogP contribution in [-0.4, -0.2) is 24.7 Å². The van der Waals surface area contributed by atoms with Gasteiger partial charge in [0.25, 0.3) is 0 Å². The van der Waals surface area contributed by atoms with E-state index in [9.17, 15) is 0 Å². The number of hydrogen-bond acceptors (Lipinski definition) is 6. The van der Waals surface area contributed by atoms with Gasteiger partial charge in [0.15, 0.2) is 11.5 Å². The second kappa shape index (κ2) is 6.65. The number of fused-ring (bicyclic) bond motifs is 3. The van der Waals surface area contributed by atoms with Crippen molar-refractivity contribution in [3.63, 3.8) is 0 Å². The van der Waals surface area contributed by atoms with Crippen molar-refractivity contribution >= 4 is 27.2 Å². The molecule has 0 N–H and O–H groups in total. The monoisotopic (exact) mass is 461 g/mol. The molecule has 172 valence electrons. The van der Waals surface area contributed by atoms with Crippen LogP contribution in [0.5, 0.6) is 0 Å².